The number of benzene rings is 2. The van der Waals surface area contributed by atoms with Crippen molar-refractivity contribution < 1.29 is 9.53 Å². The van der Waals surface area contributed by atoms with Gasteiger partial charge in [-0.3, -0.25) is 4.79 Å². The molecule has 0 bridgehead atoms. The highest BCUT2D eigenvalue weighted by Gasteiger charge is 2.12. The van der Waals surface area contributed by atoms with Crippen LogP contribution >= 0.6 is 0 Å². The van der Waals surface area contributed by atoms with E-state index < -0.39 is 0 Å². The van der Waals surface area contributed by atoms with Crippen LogP contribution in [0, 0.1) is 6.92 Å². The number of aryl methyl sites for hydroxylation is 1. The molecule has 0 aliphatic heterocycles. The second-order valence-corrected chi connectivity index (χ2v) is 6.37. The Morgan fingerprint density at radius 3 is 2.52 bits per heavy atom. The zero-order chi connectivity index (χ0) is 19.2. The van der Waals surface area contributed by atoms with Gasteiger partial charge in [0, 0.05) is 6.04 Å². The third-order valence-electron chi connectivity index (χ3n) is 4.28. The lowest BCUT2D eigenvalue weighted by atomic mass is 10.1. The Bertz CT molecular complexity index is 909. The number of aromatic nitrogens is 1. The van der Waals surface area contributed by atoms with Gasteiger partial charge in [-0.2, -0.15) is 0 Å². The minimum absolute atomic E-state index is 0.143. The lowest BCUT2D eigenvalue weighted by Crippen LogP contribution is -2.15. The first-order valence-corrected chi connectivity index (χ1v) is 8.80. The van der Waals surface area contributed by atoms with Gasteiger partial charge in [-0.15, -0.1) is 0 Å². The van der Waals surface area contributed by atoms with Crippen molar-refractivity contribution in [2.24, 2.45) is 0 Å². The van der Waals surface area contributed by atoms with E-state index in [0.29, 0.717) is 17.1 Å². The van der Waals surface area contributed by atoms with E-state index in [0.717, 1.165) is 11.3 Å². The molecule has 0 saturated carbocycles. The van der Waals surface area contributed by atoms with E-state index >= 15 is 0 Å². The number of hydrogen-bond acceptors (Lipinski definition) is 4. The largest absolute Gasteiger partial charge is 0.495 e. The number of carbonyl (C=O) groups excluding carboxylic acids is 1. The van der Waals surface area contributed by atoms with E-state index in [2.05, 4.69) is 34.7 Å². The molecule has 0 saturated heterocycles. The highest BCUT2D eigenvalue weighted by molar-refractivity contribution is 6.03. The van der Waals surface area contributed by atoms with Gasteiger partial charge in [0.25, 0.3) is 5.91 Å². The first-order valence-electron chi connectivity index (χ1n) is 8.80. The first kappa shape index (κ1) is 18.5. The van der Waals surface area contributed by atoms with E-state index in [1.165, 1.54) is 5.56 Å². The number of rotatable bonds is 6. The molecule has 0 spiro atoms. The zero-order valence-corrected chi connectivity index (χ0v) is 15.7. The van der Waals surface area contributed by atoms with Crippen molar-refractivity contribution in [1.29, 1.82) is 0 Å². The molecule has 2 aromatic carbocycles. The quantitative estimate of drug-likeness (QED) is 0.660. The summed E-state index contributed by atoms with van der Waals surface area (Å²) in [4.78, 5) is 16.8. The van der Waals surface area contributed by atoms with Gasteiger partial charge in [-0.05, 0) is 49.2 Å². The van der Waals surface area contributed by atoms with Crippen molar-refractivity contribution in [3.05, 3.63) is 83.7 Å². The maximum absolute atomic E-state index is 12.5. The molecule has 2 N–H and O–H groups in total. The molecule has 5 nitrogen and oxygen atoms in total. The Balaban J connectivity index is 1.68. The summed E-state index contributed by atoms with van der Waals surface area (Å²) in [5.74, 6) is 0.338. The van der Waals surface area contributed by atoms with Gasteiger partial charge in [0.1, 0.15) is 11.4 Å². The second-order valence-electron chi connectivity index (χ2n) is 6.37. The Kier molecular flexibility index (Phi) is 5.71. The normalized spacial score (nSPS) is 11.5. The fraction of sp³-hybridized carbons (Fsp3) is 0.182. The van der Waals surface area contributed by atoms with Crippen molar-refractivity contribution in [3.8, 4) is 5.75 Å². The number of ether oxygens (including phenoxy) is 1. The molecule has 1 amide bonds. The maximum atomic E-state index is 12.5. The average molecular weight is 361 g/mol. The van der Waals surface area contributed by atoms with Crippen molar-refractivity contribution >= 4 is 17.3 Å². The van der Waals surface area contributed by atoms with Crippen LogP contribution in [-0.2, 0) is 0 Å². The van der Waals surface area contributed by atoms with Gasteiger partial charge in [0.15, 0.2) is 0 Å². The molecular weight excluding hydrogens is 338 g/mol. The van der Waals surface area contributed by atoms with E-state index in [1.54, 1.807) is 19.4 Å². The summed E-state index contributed by atoms with van der Waals surface area (Å²) >= 11 is 0. The first-order chi connectivity index (χ1) is 13.1. The smallest absolute Gasteiger partial charge is 0.274 e. The van der Waals surface area contributed by atoms with Crippen LogP contribution in [0.4, 0.5) is 11.4 Å². The summed E-state index contributed by atoms with van der Waals surface area (Å²) in [6, 6.07) is 19.5. The molecule has 1 unspecified atom stereocenters. The maximum Gasteiger partial charge on any atom is 0.274 e. The van der Waals surface area contributed by atoms with Crippen LogP contribution in [0.25, 0.3) is 0 Å². The summed E-state index contributed by atoms with van der Waals surface area (Å²) < 4.78 is 5.30. The Hall–Kier alpha value is -3.34. The Labute approximate surface area is 159 Å². The van der Waals surface area contributed by atoms with Crippen LogP contribution in [0.15, 0.2) is 66.9 Å². The van der Waals surface area contributed by atoms with Crippen LogP contribution in [0.2, 0.25) is 0 Å². The second kappa shape index (κ2) is 8.36. The van der Waals surface area contributed by atoms with Crippen LogP contribution in [0.3, 0.4) is 0 Å². The molecule has 138 valence electrons. The Morgan fingerprint density at radius 2 is 1.85 bits per heavy atom. The molecule has 0 aliphatic carbocycles. The standard InChI is InChI=1S/C22H23N3O2/c1-15-9-12-21(27-3)20(13-15)25-22(26)19-11-10-18(14-23-19)24-16(2)17-7-5-4-6-8-17/h4-14,16,24H,1-3H3,(H,25,26). The minimum atomic E-state index is -0.276. The van der Waals surface area contributed by atoms with Crippen molar-refractivity contribution in [2.45, 2.75) is 19.9 Å². The molecule has 0 radical (unpaired) electrons. The number of amides is 1. The van der Waals surface area contributed by atoms with Crippen molar-refractivity contribution in [2.75, 3.05) is 17.7 Å². The highest BCUT2D eigenvalue weighted by atomic mass is 16.5. The van der Waals surface area contributed by atoms with Crippen molar-refractivity contribution in [1.82, 2.24) is 4.98 Å². The Morgan fingerprint density at radius 1 is 1.07 bits per heavy atom. The molecular formula is C22H23N3O2. The fourth-order valence-corrected chi connectivity index (χ4v) is 2.79. The summed E-state index contributed by atoms with van der Waals surface area (Å²) in [6.45, 7) is 4.04. The number of nitrogens with zero attached hydrogens (tertiary/aromatic N) is 1. The van der Waals surface area contributed by atoms with Gasteiger partial charge in [0.2, 0.25) is 0 Å². The number of hydrogen-bond donors (Lipinski definition) is 2. The molecule has 1 aromatic heterocycles. The number of carbonyl (C=O) groups is 1. The number of pyridine rings is 1. The number of nitrogens with one attached hydrogen (secondary N) is 2. The van der Waals surface area contributed by atoms with Crippen LogP contribution in [-0.4, -0.2) is 18.0 Å². The molecule has 0 fully saturated rings. The predicted molar refractivity (Wildman–Crippen MR) is 108 cm³/mol. The minimum Gasteiger partial charge on any atom is -0.495 e. The van der Waals surface area contributed by atoms with Crippen LogP contribution < -0.4 is 15.4 Å². The molecule has 1 heterocycles. The summed E-state index contributed by atoms with van der Waals surface area (Å²) in [5, 5.41) is 6.24. The van der Waals surface area contributed by atoms with Gasteiger partial charge >= 0.3 is 0 Å². The van der Waals surface area contributed by atoms with Gasteiger partial charge < -0.3 is 15.4 Å². The van der Waals surface area contributed by atoms with Gasteiger partial charge in [0.05, 0.1) is 24.7 Å². The third-order valence-corrected chi connectivity index (χ3v) is 4.28. The molecule has 5 heteroatoms. The lowest BCUT2D eigenvalue weighted by Gasteiger charge is -2.15. The highest BCUT2D eigenvalue weighted by Crippen LogP contribution is 2.26. The molecule has 0 aliphatic rings. The van der Waals surface area contributed by atoms with Gasteiger partial charge in [-0.1, -0.05) is 36.4 Å². The van der Waals surface area contributed by atoms with E-state index in [9.17, 15) is 4.79 Å². The molecule has 27 heavy (non-hydrogen) atoms. The summed E-state index contributed by atoms with van der Waals surface area (Å²) in [5.41, 5.74) is 4.05. The van der Waals surface area contributed by atoms with Gasteiger partial charge in [-0.25, -0.2) is 4.98 Å². The van der Waals surface area contributed by atoms with Crippen LogP contribution in [0.1, 0.15) is 34.6 Å². The molecule has 3 rings (SSSR count). The monoisotopic (exact) mass is 361 g/mol. The average Bonchev–Trinajstić information content (AvgIpc) is 2.69. The van der Waals surface area contributed by atoms with E-state index in [-0.39, 0.29) is 11.9 Å². The zero-order valence-electron chi connectivity index (χ0n) is 15.7. The van der Waals surface area contributed by atoms with E-state index in [4.69, 9.17) is 4.74 Å². The number of methoxy groups -OCH3 is 1. The van der Waals surface area contributed by atoms with Crippen molar-refractivity contribution in [3.63, 3.8) is 0 Å². The third kappa shape index (κ3) is 4.64. The fourth-order valence-electron chi connectivity index (χ4n) is 2.79. The SMILES string of the molecule is COc1ccc(C)cc1NC(=O)c1ccc(NC(C)c2ccccc2)cn1. The number of anilines is 2. The van der Waals surface area contributed by atoms with E-state index in [1.807, 2.05) is 49.4 Å². The molecule has 1 atom stereocenters. The van der Waals surface area contributed by atoms with Crippen LogP contribution in [0.5, 0.6) is 5.75 Å². The summed E-state index contributed by atoms with van der Waals surface area (Å²) in [7, 11) is 1.58. The lowest BCUT2D eigenvalue weighted by molar-refractivity contribution is 0.102. The topological polar surface area (TPSA) is 63.2 Å². The summed E-state index contributed by atoms with van der Waals surface area (Å²) in [6.07, 6.45) is 1.67. The predicted octanol–water partition coefficient (Wildman–Crippen LogP) is 4.82. The molecule has 3 aromatic rings.